The first-order valence-corrected chi connectivity index (χ1v) is 8.31. The third-order valence-electron chi connectivity index (χ3n) is 3.95. The van der Waals surface area contributed by atoms with Crippen molar-refractivity contribution >= 4 is 12.0 Å². The number of ether oxygens (including phenoxy) is 2. The van der Waals surface area contributed by atoms with Crippen molar-refractivity contribution in [2.24, 2.45) is 0 Å². The lowest BCUT2D eigenvalue weighted by molar-refractivity contribution is -0.904. The number of benzene rings is 1. The molecule has 23 heavy (non-hydrogen) atoms. The van der Waals surface area contributed by atoms with Gasteiger partial charge >= 0.3 is 0 Å². The van der Waals surface area contributed by atoms with Crippen LogP contribution in [0, 0.1) is 0 Å². The maximum atomic E-state index is 10.5. The monoisotopic (exact) mass is 319 g/mol. The number of quaternary nitrogens is 1. The number of carbonyl (C=O) groups is 1. The summed E-state index contributed by atoms with van der Waals surface area (Å²) in [6.07, 6.45) is 6.45. The lowest BCUT2D eigenvalue weighted by Crippen LogP contribution is -3.13. The van der Waals surface area contributed by atoms with Crippen molar-refractivity contribution in [1.82, 2.24) is 0 Å². The number of likely N-dealkylation sites (tertiary alicyclic amines) is 1. The van der Waals surface area contributed by atoms with Crippen LogP contribution in [0.2, 0.25) is 0 Å². The van der Waals surface area contributed by atoms with Gasteiger partial charge in [0.05, 0.1) is 25.7 Å². The number of carbonyl (C=O) groups excluding carboxylic acids is 1. The van der Waals surface area contributed by atoms with Gasteiger partial charge in [0.15, 0.2) is 11.5 Å². The van der Waals surface area contributed by atoms with E-state index in [9.17, 15) is 9.90 Å². The van der Waals surface area contributed by atoms with Crippen LogP contribution >= 0.6 is 0 Å². The highest BCUT2D eigenvalue weighted by Crippen LogP contribution is 2.28. The third-order valence-corrected chi connectivity index (χ3v) is 3.95. The number of hydrogen-bond donors (Lipinski definition) is 1. The van der Waals surface area contributed by atoms with Gasteiger partial charge in [-0.15, -0.1) is 0 Å². The van der Waals surface area contributed by atoms with E-state index in [-0.39, 0.29) is 0 Å². The summed E-state index contributed by atoms with van der Waals surface area (Å²) >= 11 is 0. The molecule has 0 bridgehead atoms. The minimum absolute atomic E-state index is 0.529. The highest BCUT2D eigenvalue weighted by molar-refractivity contribution is 5.83. The van der Waals surface area contributed by atoms with E-state index in [4.69, 9.17) is 9.47 Å². The fourth-order valence-electron chi connectivity index (χ4n) is 2.79. The Morgan fingerprint density at radius 2 is 2.00 bits per heavy atom. The zero-order chi connectivity index (χ0) is 16.5. The summed E-state index contributed by atoms with van der Waals surface area (Å²) in [5, 5.41) is 10.5. The maximum Gasteiger partial charge on any atom is 0.161 e. The van der Waals surface area contributed by atoms with Gasteiger partial charge in [-0.05, 0) is 50.0 Å². The summed E-state index contributed by atoms with van der Waals surface area (Å²) in [6, 6.07) is 5.42. The summed E-state index contributed by atoms with van der Waals surface area (Å²) in [5.41, 5.74) is 0.742. The molecular weight excluding hydrogens is 294 g/mol. The third kappa shape index (κ3) is 5.94. The second-order valence-corrected chi connectivity index (χ2v) is 5.70. The molecule has 1 fully saturated rings. The van der Waals surface area contributed by atoms with Crippen molar-refractivity contribution in [1.29, 1.82) is 0 Å². The number of piperidine rings is 1. The van der Waals surface area contributed by atoms with E-state index in [1.165, 1.54) is 38.4 Å². The Kier molecular flexibility index (Phi) is 6.94. The molecule has 0 aliphatic carbocycles. The summed E-state index contributed by atoms with van der Waals surface area (Å²) in [6.45, 7) is 6.55. The second kappa shape index (κ2) is 9.20. The fourth-order valence-corrected chi connectivity index (χ4v) is 2.79. The van der Waals surface area contributed by atoms with Gasteiger partial charge in [0, 0.05) is 0 Å². The largest absolute Gasteiger partial charge is 0.545 e. The molecular formula is C18H25NO4. The molecule has 126 valence electrons. The van der Waals surface area contributed by atoms with Crippen molar-refractivity contribution in [2.75, 3.05) is 32.8 Å². The molecule has 2 rings (SSSR count). The molecule has 1 aliphatic heterocycles. The smallest absolute Gasteiger partial charge is 0.161 e. The molecule has 0 spiro atoms. The Morgan fingerprint density at radius 3 is 2.70 bits per heavy atom. The number of carboxylic acids is 1. The van der Waals surface area contributed by atoms with Crippen LogP contribution in [0.15, 0.2) is 24.3 Å². The summed E-state index contributed by atoms with van der Waals surface area (Å²) in [5.74, 6) is 0.128. The van der Waals surface area contributed by atoms with E-state index in [0.29, 0.717) is 24.7 Å². The average molecular weight is 319 g/mol. The number of carboxylic acid groups (broad SMARTS) is 1. The van der Waals surface area contributed by atoms with Gasteiger partial charge in [-0.1, -0.05) is 12.1 Å². The van der Waals surface area contributed by atoms with Crippen LogP contribution < -0.4 is 19.5 Å². The van der Waals surface area contributed by atoms with Crippen LogP contribution in [0.4, 0.5) is 0 Å². The predicted octanol–water partition coefficient (Wildman–Crippen LogP) is 0.296. The topological polar surface area (TPSA) is 63.0 Å². The first-order chi connectivity index (χ1) is 11.2. The van der Waals surface area contributed by atoms with Crippen LogP contribution in [0.1, 0.15) is 31.7 Å². The lowest BCUT2D eigenvalue weighted by Gasteiger charge is -2.23. The zero-order valence-corrected chi connectivity index (χ0v) is 13.7. The summed E-state index contributed by atoms with van der Waals surface area (Å²) in [7, 11) is 0. The highest BCUT2D eigenvalue weighted by Gasteiger charge is 2.13. The number of rotatable bonds is 8. The lowest BCUT2D eigenvalue weighted by atomic mass is 10.1. The Balaban J connectivity index is 1.94. The van der Waals surface area contributed by atoms with Gasteiger partial charge in [-0.3, -0.25) is 0 Å². The van der Waals surface area contributed by atoms with Crippen molar-refractivity contribution in [2.45, 2.75) is 26.2 Å². The van der Waals surface area contributed by atoms with Crippen LogP contribution in [-0.2, 0) is 4.79 Å². The average Bonchev–Trinajstić information content (AvgIpc) is 2.56. The van der Waals surface area contributed by atoms with E-state index in [2.05, 4.69) is 0 Å². The number of nitrogens with one attached hydrogen (secondary N) is 1. The molecule has 1 aromatic rings. The molecule has 1 heterocycles. The van der Waals surface area contributed by atoms with Crippen molar-refractivity contribution < 1.29 is 24.3 Å². The first kappa shape index (κ1) is 17.3. The molecule has 0 saturated carbocycles. The summed E-state index contributed by atoms with van der Waals surface area (Å²) < 4.78 is 11.5. The molecule has 5 nitrogen and oxygen atoms in total. The van der Waals surface area contributed by atoms with Crippen LogP contribution in [0.3, 0.4) is 0 Å². The molecule has 0 radical (unpaired) electrons. The van der Waals surface area contributed by atoms with Crippen molar-refractivity contribution in [3.05, 3.63) is 29.8 Å². The summed E-state index contributed by atoms with van der Waals surface area (Å²) in [4.78, 5) is 12.1. The quantitative estimate of drug-likeness (QED) is 0.700. The van der Waals surface area contributed by atoms with E-state index in [0.717, 1.165) is 18.2 Å². The standard InChI is InChI=1S/C18H25NO4/c1-2-22-17-14-15(7-9-18(20)21)6-8-16(17)23-13-12-19-10-4-3-5-11-19/h6-9,14H,2-5,10-13H2,1H3,(H,20,21)/b9-7+. The molecule has 1 aromatic carbocycles. The van der Waals surface area contributed by atoms with Gasteiger partial charge in [0.25, 0.3) is 0 Å². The van der Waals surface area contributed by atoms with E-state index in [1.807, 2.05) is 19.1 Å². The van der Waals surface area contributed by atoms with Gasteiger partial charge in [0.1, 0.15) is 13.2 Å². The van der Waals surface area contributed by atoms with Crippen LogP contribution in [-0.4, -0.2) is 38.8 Å². The van der Waals surface area contributed by atoms with Crippen LogP contribution in [0.25, 0.3) is 6.08 Å². The molecule has 0 unspecified atom stereocenters. The molecule has 0 amide bonds. The van der Waals surface area contributed by atoms with Gasteiger partial charge in [-0.2, -0.15) is 0 Å². The molecule has 1 saturated heterocycles. The Hall–Kier alpha value is -2.01. The molecule has 1 N–H and O–H groups in total. The van der Waals surface area contributed by atoms with Gasteiger partial charge in [0.2, 0.25) is 0 Å². The molecule has 1 aliphatic rings. The van der Waals surface area contributed by atoms with Crippen molar-refractivity contribution in [3.63, 3.8) is 0 Å². The molecule has 0 atom stereocenters. The second-order valence-electron chi connectivity index (χ2n) is 5.70. The minimum atomic E-state index is -1.22. The maximum absolute atomic E-state index is 10.5. The molecule has 0 aromatic heterocycles. The van der Waals surface area contributed by atoms with E-state index in [1.54, 1.807) is 11.0 Å². The number of aliphatic carboxylic acids is 1. The SMILES string of the molecule is CCOc1cc(/C=C/C(=O)[O-])ccc1OCC[NH+]1CCCCC1. The van der Waals surface area contributed by atoms with Crippen molar-refractivity contribution in [3.8, 4) is 11.5 Å². The fraction of sp³-hybridized carbons (Fsp3) is 0.500. The Labute approximate surface area is 137 Å². The predicted molar refractivity (Wildman–Crippen MR) is 86.6 cm³/mol. The first-order valence-electron chi connectivity index (χ1n) is 8.31. The minimum Gasteiger partial charge on any atom is -0.545 e. The Morgan fingerprint density at radius 1 is 1.22 bits per heavy atom. The van der Waals surface area contributed by atoms with Crippen LogP contribution in [0.5, 0.6) is 11.5 Å². The zero-order valence-electron chi connectivity index (χ0n) is 13.7. The molecule has 5 heteroatoms. The van der Waals surface area contributed by atoms with E-state index >= 15 is 0 Å². The normalized spacial score (nSPS) is 15.7. The number of hydrogen-bond acceptors (Lipinski definition) is 4. The van der Waals surface area contributed by atoms with E-state index < -0.39 is 5.97 Å². The Bertz CT molecular complexity index is 536. The van der Waals surface area contributed by atoms with Gasteiger partial charge in [-0.25, -0.2) is 0 Å². The van der Waals surface area contributed by atoms with Gasteiger partial charge < -0.3 is 24.3 Å². The highest BCUT2D eigenvalue weighted by atomic mass is 16.5.